The Hall–Kier alpha value is -3.98. The van der Waals surface area contributed by atoms with Gasteiger partial charge in [0.2, 0.25) is 0 Å². The van der Waals surface area contributed by atoms with E-state index in [4.69, 9.17) is 10.5 Å². The van der Waals surface area contributed by atoms with Crippen LogP contribution in [0.2, 0.25) is 0 Å². The molecule has 2 aliphatic rings. The minimum atomic E-state index is -1.49. The number of rotatable bonds is 5. The summed E-state index contributed by atoms with van der Waals surface area (Å²) < 4.78 is 21.1. The number of alkyl halides is 1. The molecule has 2 fully saturated rings. The summed E-state index contributed by atoms with van der Waals surface area (Å²) in [6.45, 7) is 7.22. The maximum absolute atomic E-state index is 15.7. The number of anilines is 3. The van der Waals surface area contributed by atoms with Crippen LogP contribution in [0.25, 0.3) is 0 Å². The van der Waals surface area contributed by atoms with Gasteiger partial charge in [0.05, 0.1) is 18.8 Å². The van der Waals surface area contributed by atoms with E-state index in [0.717, 1.165) is 30.0 Å². The molecule has 0 spiro atoms. The first-order chi connectivity index (χ1) is 18.7. The summed E-state index contributed by atoms with van der Waals surface area (Å²) in [7, 11) is 0. The normalized spacial score (nSPS) is 17.1. The van der Waals surface area contributed by atoms with Gasteiger partial charge in [0, 0.05) is 62.2 Å². The molecular weight excluding hydrogens is 497 g/mol. The molecule has 3 aromatic rings. The fourth-order valence-corrected chi connectivity index (χ4v) is 5.22. The standard InChI is InChI=1S/C30H34FN5O3/c1-20-17-21(2)26(34-28(37)22-3-8-27(33-19-22)35-13-15-39-16-14-35)18-25(20)29(38)36-11-9-30(31,10-12-36)23-4-6-24(32)7-5-23/h3-8,17-19H,9-16,32H2,1-2H3,(H,34,37). The maximum atomic E-state index is 15.7. The fourth-order valence-electron chi connectivity index (χ4n) is 5.22. The molecule has 0 bridgehead atoms. The molecule has 9 heteroatoms. The number of amides is 2. The predicted molar refractivity (Wildman–Crippen MR) is 150 cm³/mol. The number of pyridine rings is 1. The van der Waals surface area contributed by atoms with Crippen molar-refractivity contribution in [3.05, 3.63) is 82.5 Å². The SMILES string of the molecule is Cc1cc(C)c(C(=O)N2CCC(F)(c3ccc(N)cc3)CC2)cc1NC(=O)c1ccc(N2CCOCC2)nc1. The lowest BCUT2D eigenvalue weighted by Crippen LogP contribution is -2.43. The van der Waals surface area contributed by atoms with Crippen LogP contribution >= 0.6 is 0 Å². The van der Waals surface area contributed by atoms with Crippen molar-refractivity contribution in [3.63, 3.8) is 0 Å². The summed E-state index contributed by atoms with van der Waals surface area (Å²) in [5.41, 5.74) is 8.58. The second-order valence-corrected chi connectivity index (χ2v) is 10.3. The van der Waals surface area contributed by atoms with Gasteiger partial charge in [-0.1, -0.05) is 18.2 Å². The van der Waals surface area contributed by atoms with Crippen molar-refractivity contribution in [2.45, 2.75) is 32.4 Å². The highest BCUT2D eigenvalue weighted by Crippen LogP contribution is 2.38. The molecule has 2 saturated heterocycles. The van der Waals surface area contributed by atoms with Crippen LogP contribution in [0, 0.1) is 13.8 Å². The first-order valence-corrected chi connectivity index (χ1v) is 13.3. The lowest BCUT2D eigenvalue weighted by Gasteiger charge is -2.37. The number of likely N-dealkylation sites (tertiary alicyclic amines) is 1. The number of morpholine rings is 1. The van der Waals surface area contributed by atoms with Crippen LogP contribution < -0.4 is 16.0 Å². The van der Waals surface area contributed by atoms with E-state index in [9.17, 15) is 9.59 Å². The van der Waals surface area contributed by atoms with Crippen LogP contribution in [-0.4, -0.2) is 61.1 Å². The molecule has 2 aliphatic heterocycles. The van der Waals surface area contributed by atoms with Crippen molar-refractivity contribution < 1.29 is 18.7 Å². The second kappa shape index (κ2) is 11.0. The highest BCUT2D eigenvalue weighted by Gasteiger charge is 2.38. The molecule has 2 amide bonds. The fraction of sp³-hybridized carbons (Fsp3) is 0.367. The lowest BCUT2D eigenvalue weighted by molar-refractivity contribution is 0.0421. The summed E-state index contributed by atoms with van der Waals surface area (Å²) in [4.78, 5) is 34.8. The van der Waals surface area contributed by atoms with Gasteiger partial charge in [0.15, 0.2) is 0 Å². The number of aromatic nitrogens is 1. The van der Waals surface area contributed by atoms with E-state index in [1.54, 1.807) is 47.5 Å². The van der Waals surface area contributed by atoms with Crippen LogP contribution in [0.5, 0.6) is 0 Å². The Kier molecular flexibility index (Phi) is 7.52. The lowest BCUT2D eigenvalue weighted by atomic mass is 9.86. The van der Waals surface area contributed by atoms with E-state index in [0.29, 0.717) is 54.4 Å². The van der Waals surface area contributed by atoms with Crippen LogP contribution in [-0.2, 0) is 10.4 Å². The Bertz CT molecular complexity index is 1350. The maximum Gasteiger partial charge on any atom is 0.257 e. The van der Waals surface area contributed by atoms with Crippen molar-refractivity contribution in [1.82, 2.24) is 9.88 Å². The molecule has 0 atom stereocenters. The highest BCUT2D eigenvalue weighted by molar-refractivity contribution is 6.05. The molecule has 5 rings (SSSR count). The van der Waals surface area contributed by atoms with Crippen LogP contribution in [0.4, 0.5) is 21.6 Å². The minimum absolute atomic E-state index is 0.168. The number of ether oxygens (including phenoxy) is 1. The van der Waals surface area contributed by atoms with E-state index in [1.165, 1.54) is 0 Å². The summed E-state index contributed by atoms with van der Waals surface area (Å²) >= 11 is 0. The Labute approximate surface area is 228 Å². The zero-order valence-corrected chi connectivity index (χ0v) is 22.4. The number of halogens is 1. The molecule has 0 aliphatic carbocycles. The van der Waals surface area contributed by atoms with Crippen molar-refractivity contribution in [3.8, 4) is 0 Å². The third-order valence-electron chi connectivity index (χ3n) is 7.67. The van der Waals surface area contributed by atoms with Crippen molar-refractivity contribution >= 4 is 29.0 Å². The summed E-state index contributed by atoms with van der Waals surface area (Å²) in [6, 6.07) is 14.0. The van der Waals surface area contributed by atoms with Gasteiger partial charge in [-0.25, -0.2) is 9.37 Å². The monoisotopic (exact) mass is 531 g/mol. The van der Waals surface area contributed by atoms with Gasteiger partial charge in [-0.15, -0.1) is 0 Å². The molecular formula is C30H34FN5O3. The van der Waals surface area contributed by atoms with Crippen molar-refractivity contribution in [1.29, 1.82) is 0 Å². The minimum Gasteiger partial charge on any atom is -0.399 e. The third kappa shape index (κ3) is 5.73. The number of nitrogens with zero attached hydrogens (tertiary/aromatic N) is 3. The number of nitrogen functional groups attached to an aromatic ring is 1. The summed E-state index contributed by atoms with van der Waals surface area (Å²) in [5.74, 6) is 0.341. The first-order valence-electron chi connectivity index (χ1n) is 13.3. The average Bonchev–Trinajstić information content (AvgIpc) is 2.95. The highest BCUT2D eigenvalue weighted by atomic mass is 19.1. The van der Waals surface area contributed by atoms with E-state index in [1.807, 2.05) is 26.0 Å². The van der Waals surface area contributed by atoms with Gasteiger partial charge in [-0.05, 0) is 60.9 Å². The van der Waals surface area contributed by atoms with Crippen LogP contribution in [0.15, 0.2) is 54.7 Å². The van der Waals surface area contributed by atoms with Gasteiger partial charge >= 0.3 is 0 Å². The number of carbonyl (C=O) groups excluding carboxylic acids is 2. The predicted octanol–water partition coefficient (Wildman–Crippen LogP) is 4.47. The Morgan fingerprint density at radius 2 is 1.67 bits per heavy atom. The number of nitrogens with one attached hydrogen (secondary N) is 1. The van der Waals surface area contributed by atoms with E-state index < -0.39 is 5.67 Å². The van der Waals surface area contributed by atoms with E-state index in [2.05, 4.69) is 15.2 Å². The molecule has 0 radical (unpaired) electrons. The molecule has 39 heavy (non-hydrogen) atoms. The zero-order chi connectivity index (χ0) is 27.6. The number of piperidine rings is 1. The van der Waals surface area contributed by atoms with Crippen LogP contribution in [0.1, 0.15) is 50.2 Å². The molecule has 8 nitrogen and oxygen atoms in total. The van der Waals surface area contributed by atoms with Gasteiger partial charge < -0.3 is 25.6 Å². The van der Waals surface area contributed by atoms with E-state index >= 15 is 4.39 Å². The smallest absolute Gasteiger partial charge is 0.257 e. The summed E-state index contributed by atoms with van der Waals surface area (Å²) in [5, 5.41) is 2.94. The van der Waals surface area contributed by atoms with Crippen molar-refractivity contribution in [2.24, 2.45) is 0 Å². The quantitative estimate of drug-likeness (QED) is 0.471. The second-order valence-electron chi connectivity index (χ2n) is 10.3. The van der Waals surface area contributed by atoms with Crippen molar-refractivity contribution in [2.75, 3.05) is 55.3 Å². The van der Waals surface area contributed by atoms with Gasteiger partial charge in [0.25, 0.3) is 11.8 Å². The molecule has 3 N–H and O–H groups in total. The number of aryl methyl sites for hydroxylation is 2. The molecule has 3 heterocycles. The molecule has 2 aromatic carbocycles. The Balaban J connectivity index is 1.26. The van der Waals surface area contributed by atoms with E-state index in [-0.39, 0.29) is 24.7 Å². The average molecular weight is 532 g/mol. The molecule has 204 valence electrons. The first kappa shape index (κ1) is 26.6. The number of carbonyl (C=O) groups is 2. The number of benzene rings is 2. The molecule has 1 aromatic heterocycles. The number of hydrogen-bond donors (Lipinski definition) is 2. The summed E-state index contributed by atoms with van der Waals surface area (Å²) in [6.07, 6.45) is 1.99. The Morgan fingerprint density at radius 1 is 0.974 bits per heavy atom. The largest absolute Gasteiger partial charge is 0.399 e. The topological polar surface area (TPSA) is 101 Å². The Morgan fingerprint density at radius 3 is 2.31 bits per heavy atom. The third-order valence-corrected chi connectivity index (χ3v) is 7.67. The van der Waals surface area contributed by atoms with Crippen LogP contribution in [0.3, 0.4) is 0 Å². The number of nitrogens with two attached hydrogens (primary N) is 1. The number of hydrogen-bond acceptors (Lipinski definition) is 6. The van der Waals surface area contributed by atoms with Gasteiger partial charge in [-0.3, -0.25) is 9.59 Å². The molecule has 0 saturated carbocycles. The zero-order valence-electron chi connectivity index (χ0n) is 22.4. The van der Waals surface area contributed by atoms with Gasteiger partial charge in [-0.2, -0.15) is 0 Å². The van der Waals surface area contributed by atoms with Gasteiger partial charge in [0.1, 0.15) is 11.5 Å². The molecule has 0 unspecified atom stereocenters.